The Morgan fingerprint density at radius 1 is 1.02 bits per heavy atom. The summed E-state index contributed by atoms with van der Waals surface area (Å²) in [5.74, 6) is 3.96. The van der Waals surface area contributed by atoms with E-state index in [-0.39, 0.29) is 11.7 Å². The zero-order valence-electron chi connectivity index (χ0n) is 27.2. The maximum atomic E-state index is 5.66. The van der Waals surface area contributed by atoms with Gasteiger partial charge in [-0.2, -0.15) is 5.11 Å². The maximum Gasteiger partial charge on any atom is 0.164 e. The molecule has 0 radical (unpaired) electrons. The molecule has 3 aliphatic rings. The molecule has 1 atom stereocenters. The standard InChI is InChI=1S/C35H55N7/c1-25(2)12-17-32(31-15-13-30(14-16-31)27(5)38-24-33(36-7)40-37-8)42-28(6)34(41-22-10-9-11-23-41)39-35(42)20-18-29(19-21-35)26(3)4/h13-16,25-26,29,32,38H,5-6,9-12,17-24H2,1-4,7-8H3. The lowest BCUT2D eigenvalue weighted by Crippen LogP contribution is -2.48. The van der Waals surface area contributed by atoms with Crippen molar-refractivity contribution in [2.45, 2.75) is 97.2 Å². The normalized spacial score (nSPS) is 24.3. The number of nitrogens with zero attached hydrogens (tertiary/aromatic N) is 6. The molecular formula is C35H55N7. The maximum absolute atomic E-state index is 5.66. The molecule has 2 heterocycles. The summed E-state index contributed by atoms with van der Waals surface area (Å²) in [6.45, 7) is 21.2. The first kappa shape index (κ1) is 32.0. The van der Waals surface area contributed by atoms with E-state index in [0.29, 0.717) is 18.3 Å². The van der Waals surface area contributed by atoms with Crippen LogP contribution < -0.4 is 5.32 Å². The second kappa shape index (κ2) is 14.5. The van der Waals surface area contributed by atoms with E-state index in [1.807, 2.05) is 0 Å². The van der Waals surface area contributed by atoms with Crippen LogP contribution in [0.2, 0.25) is 0 Å². The summed E-state index contributed by atoms with van der Waals surface area (Å²) in [6, 6.07) is 9.23. The van der Waals surface area contributed by atoms with Crippen molar-refractivity contribution in [1.29, 1.82) is 0 Å². The van der Waals surface area contributed by atoms with Gasteiger partial charge in [0.05, 0.1) is 18.3 Å². The number of hydrogen-bond donors (Lipinski definition) is 1. The molecule has 2 aliphatic heterocycles. The third-order valence-corrected chi connectivity index (χ3v) is 9.65. The molecular weight excluding hydrogens is 518 g/mol. The van der Waals surface area contributed by atoms with Gasteiger partial charge in [0.1, 0.15) is 11.5 Å². The highest BCUT2D eigenvalue weighted by Crippen LogP contribution is 2.50. The third kappa shape index (κ3) is 7.33. The molecule has 1 spiro atoms. The van der Waals surface area contributed by atoms with Gasteiger partial charge in [-0.05, 0) is 86.7 Å². The molecule has 7 nitrogen and oxygen atoms in total. The summed E-state index contributed by atoms with van der Waals surface area (Å²) in [5.41, 5.74) is 4.22. The number of benzene rings is 1. The van der Waals surface area contributed by atoms with Crippen molar-refractivity contribution in [2.24, 2.45) is 38.0 Å². The summed E-state index contributed by atoms with van der Waals surface area (Å²) < 4.78 is 0. The molecule has 0 bridgehead atoms. The molecule has 1 unspecified atom stereocenters. The van der Waals surface area contributed by atoms with E-state index in [0.717, 1.165) is 61.1 Å². The van der Waals surface area contributed by atoms with Gasteiger partial charge in [-0.3, -0.25) is 4.99 Å². The van der Waals surface area contributed by atoms with Gasteiger partial charge in [0, 0.05) is 32.9 Å². The van der Waals surface area contributed by atoms with Crippen LogP contribution in [0.1, 0.15) is 103 Å². The Bertz CT molecular complexity index is 1150. The van der Waals surface area contributed by atoms with Gasteiger partial charge >= 0.3 is 0 Å². The van der Waals surface area contributed by atoms with Crippen LogP contribution in [-0.2, 0) is 0 Å². The lowest BCUT2D eigenvalue weighted by molar-refractivity contribution is 0.0414. The van der Waals surface area contributed by atoms with Gasteiger partial charge in [0.2, 0.25) is 0 Å². The first-order valence-corrected chi connectivity index (χ1v) is 16.3. The first-order valence-electron chi connectivity index (χ1n) is 16.3. The molecule has 1 aromatic carbocycles. The minimum Gasteiger partial charge on any atom is -0.378 e. The van der Waals surface area contributed by atoms with Gasteiger partial charge in [-0.25, -0.2) is 4.99 Å². The van der Waals surface area contributed by atoms with Crippen molar-refractivity contribution in [3.05, 3.63) is 54.2 Å². The Kier molecular flexibility index (Phi) is 11.0. The van der Waals surface area contributed by atoms with Crippen LogP contribution in [0.25, 0.3) is 5.70 Å². The molecule has 1 aliphatic carbocycles. The molecule has 4 rings (SSSR count). The van der Waals surface area contributed by atoms with Crippen LogP contribution in [0, 0.1) is 17.8 Å². The summed E-state index contributed by atoms with van der Waals surface area (Å²) in [5, 5.41) is 11.3. The summed E-state index contributed by atoms with van der Waals surface area (Å²) in [6.07, 6.45) is 10.8. The number of nitrogens with one attached hydrogen (secondary N) is 1. The minimum atomic E-state index is -0.190. The van der Waals surface area contributed by atoms with Crippen LogP contribution in [0.5, 0.6) is 0 Å². The molecule has 0 aromatic heterocycles. The number of aliphatic imine (C=N–C) groups is 2. The van der Waals surface area contributed by atoms with E-state index in [2.05, 4.69) is 88.9 Å². The van der Waals surface area contributed by atoms with Gasteiger partial charge in [-0.1, -0.05) is 65.1 Å². The summed E-state index contributed by atoms with van der Waals surface area (Å²) in [7, 11) is 3.39. The number of rotatable bonds is 10. The Morgan fingerprint density at radius 3 is 2.26 bits per heavy atom. The van der Waals surface area contributed by atoms with Crippen LogP contribution >= 0.6 is 0 Å². The van der Waals surface area contributed by atoms with E-state index in [4.69, 9.17) is 11.6 Å². The molecule has 7 heteroatoms. The van der Waals surface area contributed by atoms with Crippen LogP contribution in [0.4, 0.5) is 0 Å². The van der Waals surface area contributed by atoms with Gasteiger partial charge in [0.25, 0.3) is 0 Å². The van der Waals surface area contributed by atoms with E-state index in [9.17, 15) is 0 Å². The van der Waals surface area contributed by atoms with Crippen LogP contribution in [-0.4, -0.2) is 60.9 Å². The molecule has 0 amide bonds. The average Bonchev–Trinajstić information content (AvgIpc) is 3.27. The monoisotopic (exact) mass is 573 g/mol. The number of hydrogen-bond acceptors (Lipinski definition) is 6. The number of piperidine rings is 1. The first-order chi connectivity index (χ1) is 20.2. The Labute approximate surface area is 255 Å². The topological polar surface area (TPSA) is 68.0 Å². The van der Waals surface area contributed by atoms with Crippen molar-refractivity contribution in [1.82, 2.24) is 15.1 Å². The fourth-order valence-corrected chi connectivity index (χ4v) is 7.04. The van der Waals surface area contributed by atoms with Crippen LogP contribution in [0.3, 0.4) is 0 Å². The fourth-order valence-electron chi connectivity index (χ4n) is 7.04. The van der Waals surface area contributed by atoms with Gasteiger partial charge in [0.15, 0.2) is 5.84 Å². The number of amidine groups is 2. The smallest absolute Gasteiger partial charge is 0.164 e. The van der Waals surface area contributed by atoms with E-state index in [1.54, 1.807) is 14.1 Å². The SMILES string of the molecule is C=C(NCC(N=NC)=NC)c1ccc(C(CCC(C)C)N2C(=C)C(N3CCCCC3)=NC23CCC(C(C)C)CC3)cc1. The molecule has 230 valence electrons. The Morgan fingerprint density at radius 2 is 1.69 bits per heavy atom. The number of likely N-dealkylation sites (tertiary alicyclic amines) is 1. The molecule has 1 saturated carbocycles. The Balaban J connectivity index is 1.63. The zero-order valence-corrected chi connectivity index (χ0v) is 27.2. The largest absolute Gasteiger partial charge is 0.378 e. The average molecular weight is 574 g/mol. The minimum absolute atomic E-state index is 0.190. The summed E-state index contributed by atoms with van der Waals surface area (Å²) >= 11 is 0. The van der Waals surface area contributed by atoms with Crippen LogP contribution in [0.15, 0.2) is 63.3 Å². The summed E-state index contributed by atoms with van der Waals surface area (Å²) in [4.78, 5) is 15.1. The van der Waals surface area contributed by atoms with E-state index >= 15 is 0 Å². The zero-order chi connectivity index (χ0) is 30.3. The van der Waals surface area contributed by atoms with Crippen molar-refractivity contribution >= 4 is 17.4 Å². The van der Waals surface area contributed by atoms with E-state index in [1.165, 1.54) is 49.9 Å². The Hall–Kier alpha value is -2.96. The predicted molar refractivity (Wildman–Crippen MR) is 178 cm³/mol. The quantitative estimate of drug-likeness (QED) is 0.175. The second-order valence-electron chi connectivity index (χ2n) is 13.2. The lowest BCUT2D eigenvalue weighted by atomic mass is 9.75. The molecule has 1 N–H and O–H groups in total. The van der Waals surface area contributed by atoms with Crippen molar-refractivity contribution in [3.63, 3.8) is 0 Å². The highest BCUT2D eigenvalue weighted by Gasteiger charge is 2.50. The third-order valence-electron chi connectivity index (χ3n) is 9.65. The predicted octanol–water partition coefficient (Wildman–Crippen LogP) is 8.09. The second-order valence-corrected chi connectivity index (χ2v) is 13.2. The highest BCUT2D eigenvalue weighted by atomic mass is 15.4. The van der Waals surface area contributed by atoms with E-state index < -0.39 is 0 Å². The van der Waals surface area contributed by atoms with Crippen molar-refractivity contribution in [3.8, 4) is 0 Å². The molecule has 42 heavy (non-hydrogen) atoms. The van der Waals surface area contributed by atoms with Gasteiger partial charge < -0.3 is 15.1 Å². The lowest BCUT2D eigenvalue weighted by Gasteiger charge is -2.47. The van der Waals surface area contributed by atoms with Gasteiger partial charge in [-0.15, -0.1) is 5.11 Å². The molecule has 1 saturated heterocycles. The van der Waals surface area contributed by atoms with Crippen molar-refractivity contribution < 1.29 is 0 Å². The molecule has 1 aromatic rings. The highest BCUT2D eigenvalue weighted by molar-refractivity contribution is 5.99. The van der Waals surface area contributed by atoms with Crippen molar-refractivity contribution in [2.75, 3.05) is 33.7 Å². The number of azo groups is 1. The molecule has 2 fully saturated rings. The fraction of sp³-hybridized carbons (Fsp3) is 0.657.